The van der Waals surface area contributed by atoms with Crippen LogP contribution in [0.15, 0.2) is 6.07 Å². The smallest absolute Gasteiger partial charge is 0.195 e. The van der Waals surface area contributed by atoms with Crippen LogP contribution in [0.25, 0.3) is 0 Å². The van der Waals surface area contributed by atoms with Gasteiger partial charge in [-0.3, -0.25) is 0 Å². The summed E-state index contributed by atoms with van der Waals surface area (Å²) in [7, 11) is 0. The van der Waals surface area contributed by atoms with Crippen molar-refractivity contribution in [2.75, 3.05) is 0 Å². The second kappa shape index (κ2) is 4.74. The molecule has 0 heterocycles. The molecule has 0 aromatic heterocycles. The maximum absolute atomic E-state index is 13.4. The maximum atomic E-state index is 13.4. The van der Waals surface area contributed by atoms with Crippen LogP contribution >= 0.6 is 0 Å². The molecule has 16 heavy (non-hydrogen) atoms. The predicted octanol–water partition coefficient (Wildman–Crippen LogP) is 2.86. The van der Waals surface area contributed by atoms with E-state index < -0.39 is 29.2 Å². The second-order valence-corrected chi connectivity index (χ2v) is 4.16. The van der Waals surface area contributed by atoms with Crippen molar-refractivity contribution in [3.8, 4) is 5.75 Å². The summed E-state index contributed by atoms with van der Waals surface area (Å²) in [6.07, 6.45) is 0.371. The summed E-state index contributed by atoms with van der Waals surface area (Å²) in [5.41, 5.74) is 5.26. The highest BCUT2D eigenvalue weighted by atomic mass is 19.2. The molecule has 0 spiro atoms. The Morgan fingerprint density at radius 3 is 2.31 bits per heavy atom. The van der Waals surface area contributed by atoms with E-state index in [-0.39, 0.29) is 11.5 Å². The van der Waals surface area contributed by atoms with Gasteiger partial charge in [0.25, 0.3) is 0 Å². The highest BCUT2D eigenvalue weighted by Gasteiger charge is 2.23. The zero-order valence-electron chi connectivity index (χ0n) is 9.10. The van der Waals surface area contributed by atoms with Gasteiger partial charge in [-0.1, -0.05) is 13.8 Å². The van der Waals surface area contributed by atoms with Gasteiger partial charge in [-0.2, -0.15) is 0 Å². The minimum Gasteiger partial charge on any atom is -0.507 e. The summed E-state index contributed by atoms with van der Waals surface area (Å²) in [6, 6.07) is -0.316. The average Bonchev–Trinajstić information content (AvgIpc) is 2.13. The lowest BCUT2D eigenvalue weighted by Crippen LogP contribution is -2.16. The molecule has 0 aliphatic carbocycles. The van der Waals surface area contributed by atoms with Gasteiger partial charge in [0, 0.05) is 17.7 Å². The van der Waals surface area contributed by atoms with E-state index in [2.05, 4.69) is 0 Å². The predicted molar refractivity (Wildman–Crippen MR) is 54.4 cm³/mol. The summed E-state index contributed by atoms with van der Waals surface area (Å²) < 4.78 is 39.1. The van der Waals surface area contributed by atoms with Gasteiger partial charge in [-0.25, -0.2) is 13.2 Å². The lowest BCUT2D eigenvalue weighted by Gasteiger charge is -2.17. The number of rotatable bonds is 3. The van der Waals surface area contributed by atoms with Gasteiger partial charge < -0.3 is 10.8 Å². The molecule has 3 N–H and O–H groups in total. The molecule has 0 saturated carbocycles. The van der Waals surface area contributed by atoms with Gasteiger partial charge in [0.1, 0.15) is 5.75 Å². The molecule has 0 saturated heterocycles. The molecular weight excluding hydrogens is 219 g/mol. The third-order valence-electron chi connectivity index (χ3n) is 2.27. The van der Waals surface area contributed by atoms with Crippen LogP contribution in [0.1, 0.15) is 31.9 Å². The zero-order chi connectivity index (χ0) is 12.5. The molecule has 90 valence electrons. The summed E-state index contributed by atoms with van der Waals surface area (Å²) in [5.74, 6) is -4.93. The fraction of sp³-hybridized carbons (Fsp3) is 0.455. The quantitative estimate of drug-likeness (QED) is 0.788. The lowest BCUT2D eigenvalue weighted by molar-refractivity contribution is 0.390. The van der Waals surface area contributed by atoms with Crippen LogP contribution in [0.4, 0.5) is 13.2 Å². The lowest BCUT2D eigenvalue weighted by atomic mass is 9.96. The van der Waals surface area contributed by atoms with E-state index >= 15 is 0 Å². The summed E-state index contributed by atoms with van der Waals surface area (Å²) in [4.78, 5) is 0. The van der Waals surface area contributed by atoms with Gasteiger partial charge in [0.05, 0.1) is 0 Å². The number of hydrogen-bond acceptors (Lipinski definition) is 2. The van der Waals surface area contributed by atoms with Crippen LogP contribution in [0.2, 0.25) is 0 Å². The van der Waals surface area contributed by atoms with Crippen molar-refractivity contribution in [3.63, 3.8) is 0 Å². The van der Waals surface area contributed by atoms with Crippen molar-refractivity contribution in [1.82, 2.24) is 0 Å². The van der Waals surface area contributed by atoms with Crippen LogP contribution in [0.5, 0.6) is 5.75 Å². The normalized spacial score (nSPS) is 13.2. The molecule has 1 atom stereocenters. The van der Waals surface area contributed by atoms with Crippen LogP contribution in [-0.2, 0) is 0 Å². The molecule has 0 bridgehead atoms. The second-order valence-electron chi connectivity index (χ2n) is 4.16. The van der Waals surface area contributed by atoms with E-state index in [9.17, 15) is 18.3 Å². The fourth-order valence-electron chi connectivity index (χ4n) is 1.58. The minimum atomic E-state index is -1.60. The van der Waals surface area contributed by atoms with Crippen molar-refractivity contribution in [3.05, 3.63) is 29.1 Å². The standard InChI is InChI=1S/C11H14F3NO/c1-5(2)3-7(15)9-8(16)4-6(12)10(13)11(9)14/h4-5,7,16H,3,15H2,1-2H3/t7-/m1/s1. The Morgan fingerprint density at radius 2 is 1.81 bits per heavy atom. The Morgan fingerprint density at radius 1 is 1.25 bits per heavy atom. The van der Waals surface area contributed by atoms with E-state index in [4.69, 9.17) is 5.73 Å². The largest absolute Gasteiger partial charge is 0.507 e. The van der Waals surface area contributed by atoms with Crippen molar-refractivity contribution in [2.24, 2.45) is 11.7 Å². The van der Waals surface area contributed by atoms with Gasteiger partial charge in [-0.05, 0) is 12.3 Å². The van der Waals surface area contributed by atoms with Crippen molar-refractivity contribution in [2.45, 2.75) is 26.3 Å². The number of nitrogens with two attached hydrogens (primary N) is 1. The van der Waals surface area contributed by atoms with E-state index in [1.807, 2.05) is 13.8 Å². The SMILES string of the molecule is CC(C)C[C@@H](N)c1c(O)cc(F)c(F)c1F. The van der Waals surface area contributed by atoms with E-state index in [1.165, 1.54) is 0 Å². The Labute approximate surface area is 91.9 Å². The van der Waals surface area contributed by atoms with Crippen molar-refractivity contribution in [1.29, 1.82) is 0 Å². The van der Waals surface area contributed by atoms with Gasteiger partial charge in [-0.15, -0.1) is 0 Å². The number of halogens is 3. The molecule has 1 aromatic carbocycles. The third-order valence-corrected chi connectivity index (χ3v) is 2.27. The van der Waals surface area contributed by atoms with Gasteiger partial charge >= 0.3 is 0 Å². The minimum absolute atomic E-state index is 0.155. The molecule has 0 fully saturated rings. The molecular formula is C11H14F3NO. The summed E-state index contributed by atoms with van der Waals surface area (Å²) in [6.45, 7) is 3.71. The Kier molecular flexibility index (Phi) is 3.80. The van der Waals surface area contributed by atoms with Crippen molar-refractivity contribution < 1.29 is 18.3 Å². The zero-order valence-corrected chi connectivity index (χ0v) is 9.10. The fourth-order valence-corrected chi connectivity index (χ4v) is 1.58. The molecule has 0 aliphatic rings. The number of hydrogen-bond donors (Lipinski definition) is 2. The van der Waals surface area contributed by atoms with E-state index in [0.29, 0.717) is 12.5 Å². The number of aromatic hydroxyl groups is 1. The van der Waals surface area contributed by atoms with E-state index in [1.54, 1.807) is 0 Å². The molecule has 0 unspecified atom stereocenters. The first kappa shape index (κ1) is 12.8. The first-order valence-corrected chi connectivity index (χ1v) is 4.96. The summed E-state index contributed by atoms with van der Waals surface area (Å²) in [5, 5.41) is 9.35. The molecule has 0 aliphatic heterocycles. The Hall–Kier alpha value is -1.23. The monoisotopic (exact) mass is 233 g/mol. The molecule has 1 rings (SSSR count). The highest BCUT2D eigenvalue weighted by Crippen LogP contribution is 2.32. The van der Waals surface area contributed by atoms with Crippen LogP contribution in [-0.4, -0.2) is 5.11 Å². The third kappa shape index (κ3) is 2.47. The van der Waals surface area contributed by atoms with Gasteiger partial charge in [0.2, 0.25) is 0 Å². The molecule has 2 nitrogen and oxygen atoms in total. The average molecular weight is 233 g/mol. The van der Waals surface area contributed by atoms with Crippen LogP contribution in [0.3, 0.4) is 0 Å². The molecule has 1 aromatic rings. The highest BCUT2D eigenvalue weighted by molar-refractivity contribution is 5.37. The number of benzene rings is 1. The first-order chi connectivity index (χ1) is 7.34. The molecule has 0 amide bonds. The van der Waals surface area contributed by atoms with Gasteiger partial charge in [0.15, 0.2) is 17.5 Å². The van der Waals surface area contributed by atoms with Crippen LogP contribution in [0, 0.1) is 23.4 Å². The molecule has 5 heteroatoms. The summed E-state index contributed by atoms with van der Waals surface area (Å²) >= 11 is 0. The number of phenols is 1. The van der Waals surface area contributed by atoms with E-state index in [0.717, 1.165) is 0 Å². The van der Waals surface area contributed by atoms with Crippen molar-refractivity contribution >= 4 is 0 Å². The first-order valence-electron chi connectivity index (χ1n) is 4.96. The molecule has 0 radical (unpaired) electrons. The maximum Gasteiger partial charge on any atom is 0.195 e. The Bertz CT molecular complexity index is 393. The van der Waals surface area contributed by atoms with Crippen LogP contribution < -0.4 is 5.73 Å². The number of phenolic OH excluding ortho intramolecular Hbond substituents is 1. The Balaban J connectivity index is 3.18. The topological polar surface area (TPSA) is 46.2 Å².